The SMILES string of the molecule is Cn1nc(-c2ccc(F)cc2)cc1C(=O)NCCc1cncnc1. The monoisotopic (exact) mass is 325 g/mol. The zero-order valence-electron chi connectivity index (χ0n) is 13.1. The molecule has 0 atom stereocenters. The van der Waals surface area contributed by atoms with E-state index in [0.29, 0.717) is 24.4 Å². The van der Waals surface area contributed by atoms with Crippen molar-refractivity contribution in [3.05, 3.63) is 66.1 Å². The fraction of sp³-hybridized carbons (Fsp3) is 0.176. The van der Waals surface area contributed by atoms with Gasteiger partial charge in [-0.15, -0.1) is 0 Å². The number of aryl methyl sites for hydroxylation is 1. The third kappa shape index (κ3) is 3.62. The van der Waals surface area contributed by atoms with Crippen LogP contribution in [0.1, 0.15) is 16.1 Å². The van der Waals surface area contributed by atoms with Crippen LogP contribution < -0.4 is 5.32 Å². The minimum atomic E-state index is -0.308. The van der Waals surface area contributed by atoms with Gasteiger partial charge >= 0.3 is 0 Å². The van der Waals surface area contributed by atoms with Crippen molar-refractivity contribution in [3.8, 4) is 11.3 Å². The van der Waals surface area contributed by atoms with E-state index in [2.05, 4.69) is 20.4 Å². The number of hydrogen-bond acceptors (Lipinski definition) is 4. The molecule has 24 heavy (non-hydrogen) atoms. The van der Waals surface area contributed by atoms with Crippen molar-refractivity contribution in [2.75, 3.05) is 6.54 Å². The highest BCUT2D eigenvalue weighted by Gasteiger charge is 2.14. The van der Waals surface area contributed by atoms with E-state index in [1.54, 1.807) is 37.6 Å². The number of carbonyl (C=O) groups is 1. The molecule has 0 aliphatic rings. The number of nitrogens with zero attached hydrogens (tertiary/aromatic N) is 4. The third-order valence-electron chi connectivity index (χ3n) is 3.57. The van der Waals surface area contributed by atoms with Crippen LogP contribution in [-0.2, 0) is 13.5 Å². The summed E-state index contributed by atoms with van der Waals surface area (Å²) in [7, 11) is 1.70. The molecule has 0 aliphatic carbocycles. The second-order valence-corrected chi connectivity index (χ2v) is 5.30. The van der Waals surface area contributed by atoms with Crippen molar-refractivity contribution in [1.29, 1.82) is 0 Å². The Labute approximate surface area is 138 Å². The lowest BCUT2D eigenvalue weighted by atomic mass is 10.1. The van der Waals surface area contributed by atoms with Crippen LogP contribution in [0, 0.1) is 5.82 Å². The molecule has 7 heteroatoms. The fourth-order valence-electron chi connectivity index (χ4n) is 2.31. The second kappa shape index (κ2) is 6.99. The van der Waals surface area contributed by atoms with Gasteiger partial charge in [-0.1, -0.05) is 0 Å². The summed E-state index contributed by atoms with van der Waals surface area (Å²) in [5.74, 6) is -0.521. The van der Waals surface area contributed by atoms with E-state index in [0.717, 1.165) is 11.1 Å². The number of rotatable bonds is 5. The number of halogens is 1. The first-order chi connectivity index (χ1) is 11.6. The van der Waals surface area contributed by atoms with Gasteiger partial charge in [0.15, 0.2) is 0 Å². The van der Waals surface area contributed by atoms with E-state index in [1.165, 1.54) is 23.1 Å². The molecule has 0 saturated carbocycles. The average molecular weight is 325 g/mol. The van der Waals surface area contributed by atoms with Gasteiger partial charge in [-0.2, -0.15) is 5.10 Å². The van der Waals surface area contributed by atoms with Crippen molar-refractivity contribution < 1.29 is 9.18 Å². The number of hydrogen-bond donors (Lipinski definition) is 1. The first-order valence-corrected chi connectivity index (χ1v) is 7.45. The number of nitrogens with one attached hydrogen (secondary N) is 1. The van der Waals surface area contributed by atoms with Crippen molar-refractivity contribution >= 4 is 5.91 Å². The molecular weight excluding hydrogens is 309 g/mol. The van der Waals surface area contributed by atoms with Gasteiger partial charge in [-0.25, -0.2) is 14.4 Å². The van der Waals surface area contributed by atoms with Crippen molar-refractivity contribution in [2.45, 2.75) is 6.42 Å². The molecule has 1 aromatic carbocycles. The van der Waals surface area contributed by atoms with Gasteiger partial charge in [0.1, 0.15) is 17.8 Å². The molecule has 0 radical (unpaired) electrons. The fourth-order valence-corrected chi connectivity index (χ4v) is 2.31. The predicted molar refractivity (Wildman–Crippen MR) is 86.7 cm³/mol. The Morgan fingerprint density at radius 3 is 2.62 bits per heavy atom. The molecule has 6 nitrogen and oxygen atoms in total. The van der Waals surface area contributed by atoms with Gasteiger partial charge in [-0.05, 0) is 42.3 Å². The summed E-state index contributed by atoms with van der Waals surface area (Å²) in [5.41, 5.74) is 2.78. The zero-order chi connectivity index (χ0) is 16.9. The lowest BCUT2D eigenvalue weighted by molar-refractivity contribution is 0.0944. The Hall–Kier alpha value is -3.09. The maximum absolute atomic E-state index is 13.0. The van der Waals surface area contributed by atoms with E-state index in [1.807, 2.05) is 0 Å². The number of amides is 1. The minimum Gasteiger partial charge on any atom is -0.350 e. The molecule has 0 bridgehead atoms. The average Bonchev–Trinajstić information content (AvgIpc) is 2.98. The van der Waals surface area contributed by atoms with Gasteiger partial charge in [-0.3, -0.25) is 9.48 Å². The Bertz CT molecular complexity index is 830. The standard InChI is InChI=1S/C17H16FN5O/c1-23-16(8-15(22-23)13-2-4-14(18)5-3-13)17(24)21-7-6-12-9-19-11-20-10-12/h2-5,8-11H,6-7H2,1H3,(H,21,24). The molecule has 1 N–H and O–H groups in total. The van der Waals surface area contributed by atoms with Crippen molar-refractivity contribution in [3.63, 3.8) is 0 Å². The molecule has 0 saturated heterocycles. The van der Waals surface area contributed by atoms with Gasteiger partial charge < -0.3 is 5.32 Å². The molecule has 3 aromatic rings. The molecule has 0 unspecified atom stereocenters. The molecule has 0 aliphatic heterocycles. The van der Waals surface area contributed by atoms with Crippen LogP contribution in [0.3, 0.4) is 0 Å². The molecule has 2 heterocycles. The quantitative estimate of drug-likeness (QED) is 0.778. The Morgan fingerprint density at radius 2 is 1.92 bits per heavy atom. The summed E-state index contributed by atoms with van der Waals surface area (Å²) in [6.45, 7) is 0.475. The highest BCUT2D eigenvalue weighted by atomic mass is 19.1. The van der Waals surface area contributed by atoms with Crippen molar-refractivity contribution in [2.24, 2.45) is 7.05 Å². The zero-order valence-corrected chi connectivity index (χ0v) is 13.1. The number of benzene rings is 1. The number of carbonyl (C=O) groups excluding carboxylic acids is 1. The van der Waals surface area contributed by atoms with Crippen LogP contribution in [0.4, 0.5) is 4.39 Å². The van der Waals surface area contributed by atoms with Crippen LogP contribution in [0.2, 0.25) is 0 Å². The highest BCUT2D eigenvalue weighted by molar-refractivity contribution is 5.93. The third-order valence-corrected chi connectivity index (χ3v) is 3.57. The van der Waals surface area contributed by atoms with Crippen molar-refractivity contribution in [1.82, 2.24) is 25.1 Å². The van der Waals surface area contributed by atoms with E-state index < -0.39 is 0 Å². The maximum Gasteiger partial charge on any atom is 0.269 e. The Balaban J connectivity index is 1.66. The van der Waals surface area contributed by atoms with E-state index in [4.69, 9.17) is 0 Å². The summed E-state index contributed by atoms with van der Waals surface area (Å²) in [6, 6.07) is 7.69. The topological polar surface area (TPSA) is 72.7 Å². The van der Waals surface area contributed by atoms with E-state index in [9.17, 15) is 9.18 Å². The predicted octanol–water partition coefficient (Wildman–Crippen LogP) is 1.99. The Kier molecular flexibility index (Phi) is 4.60. The van der Waals surface area contributed by atoms with Gasteiger partial charge in [0.25, 0.3) is 5.91 Å². The smallest absolute Gasteiger partial charge is 0.269 e. The molecule has 1 amide bonds. The Morgan fingerprint density at radius 1 is 1.21 bits per heavy atom. The maximum atomic E-state index is 13.0. The highest BCUT2D eigenvalue weighted by Crippen LogP contribution is 2.19. The van der Waals surface area contributed by atoms with Crippen LogP contribution in [0.5, 0.6) is 0 Å². The van der Waals surface area contributed by atoms with Crippen LogP contribution in [0.25, 0.3) is 11.3 Å². The van der Waals surface area contributed by atoms with Crippen LogP contribution in [-0.4, -0.2) is 32.2 Å². The van der Waals surface area contributed by atoms with Gasteiger partial charge in [0.2, 0.25) is 0 Å². The molecule has 0 fully saturated rings. The number of aromatic nitrogens is 4. The van der Waals surface area contributed by atoms with Crippen LogP contribution >= 0.6 is 0 Å². The first kappa shape index (κ1) is 15.8. The second-order valence-electron chi connectivity index (χ2n) is 5.30. The normalized spacial score (nSPS) is 10.6. The lowest BCUT2D eigenvalue weighted by Gasteiger charge is -2.04. The molecular formula is C17H16FN5O. The van der Waals surface area contributed by atoms with Gasteiger partial charge in [0, 0.05) is 31.5 Å². The summed E-state index contributed by atoms with van der Waals surface area (Å²) >= 11 is 0. The summed E-state index contributed by atoms with van der Waals surface area (Å²) in [5, 5.41) is 7.16. The van der Waals surface area contributed by atoms with E-state index in [-0.39, 0.29) is 11.7 Å². The summed E-state index contributed by atoms with van der Waals surface area (Å²) in [6.07, 6.45) is 5.55. The van der Waals surface area contributed by atoms with Gasteiger partial charge in [0.05, 0.1) is 5.69 Å². The van der Waals surface area contributed by atoms with E-state index >= 15 is 0 Å². The summed E-state index contributed by atoms with van der Waals surface area (Å²) in [4.78, 5) is 20.2. The summed E-state index contributed by atoms with van der Waals surface area (Å²) < 4.78 is 14.5. The van der Waals surface area contributed by atoms with Crippen LogP contribution in [0.15, 0.2) is 49.1 Å². The molecule has 122 valence electrons. The largest absolute Gasteiger partial charge is 0.350 e. The molecule has 3 rings (SSSR count). The molecule has 2 aromatic heterocycles. The first-order valence-electron chi connectivity index (χ1n) is 7.45. The molecule has 0 spiro atoms. The lowest BCUT2D eigenvalue weighted by Crippen LogP contribution is -2.27. The minimum absolute atomic E-state index is 0.213.